The number of halogens is 1. The average Bonchev–Trinajstić information content (AvgIpc) is 2.59. The van der Waals surface area contributed by atoms with Crippen molar-refractivity contribution in [2.75, 3.05) is 0 Å². The van der Waals surface area contributed by atoms with E-state index in [0.29, 0.717) is 0 Å². The molecule has 0 radical (unpaired) electrons. The normalized spacial score (nSPS) is 11.1. The topological polar surface area (TPSA) is 20.2 Å². The van der Waals surface area contributed by atoms with Crippen LogP contribution in [0.3, 0.4) is 0 Å². The van der Waals surface area contributed by atoms with Crippen LogP contribution in [-0.2, 0) is 11.9 Å². The van der Waals surface area contributed by atoms with E-state index in [1.165, 1.54) is 15.6 Å². The van der Waals surface area contributed by atoms with Gasteiger partial charge in [0.25, 0.3) is 0 Å². The number of fused-ring (bicyclic) bond motifs is 1. The van der Waals surface area contributed by atoms with E-state index in [9.17, 15) is 0 Å². The first-order chi connectivity index (χ1) is 6.74. The van der Waals surface area contributed by atoms with Crippen LogP contribution >= 0.6 is 39.9 Å². The van der Waals surface area contributed by atoms with Crippen LogP contribution in [0.4, 0.5) is 0 Å². The number of thiol groups is 1. The van der Waals surface area contributed by atoms with Gasteiger partial charge in [0.15, 0.2) is 0 Å². The molecule has 2 aromatic rings. The lowest BCUT2D eigenvalue weighted by Gasteiger charge is -1.99. The van der Waals surface area contributed by atoms with Gasteiger partial charge >= 0.3 is 0 Å². The summed E-state index contributed by atoms with van der Waals surface area (Å²) in [6.07, 6.45) is 0. The molecule has 14 heavy (non-hydrogen) atoms. The lowest BCUT2D eigenvalue weighted by Crippen LogP contribution is -1.78. The molecular formula is C10H9BrOS2. The van der Waals surface area contributed by atoms with Crippen molar-refractivity contribution in [1.82, 2.24) is 0 Å². The Balaban J connectivity index is 2.71. The molecule has 0 bridgehead atoms. The Labute approximate surface area is 100 Å². The molecule has 0 saturated carbocycles. The second-order valence-corrected chi connectivity index (χ2v) is 5.27. The number of thiophene rings is 1. The van der Waals surface area contributed by atoms with Crippen molar-refractivity contribution < 1.29 is 5.11 Å². The predicted molar refractivity (Wildman–Crippen MR) is 67.6 cm³/mol. The van der Waals surface area contributed by atoms with Crippen molar-refractivity contribution in [1.29, 1.82) is 0 Å². The Kier molecular flexibility index (Phi) is 3.17. The molecule has 0 unspecified atom stereocenters. The van der Waals surface area contributed by atoms with E-state index < -0.39 is 0 Å². The van der Waals surface area contributed by atoms with Crippen LogP contribution in [0.5, 0.6) is 0 Å². The maximum atomic E-state index is 9.05. The fourth-order valence-electron chi connectivity index (χ4n) is 1.44. The van der Waals surface area contributed by atoms with Crippen LogP contribution in [0, 0.1) is 0 Å². The third-order valence-electron chi connectivity index (χ3n) is 2.06. The third kappa shape index (κ3) is 1.84. The monoisotopic (exact) mass is 288 g/mol. The number of hydrogen-bond acceptors (Lipinski definition) is 3. The molecule has 2 rings (SSSR count). The predicted octanol–water partition coefficient (Wildman–Crippen LogP) is 3.58. The van der Waals surface area contributed by atoms with E-state index in [0.717, 1.165) is 15.1 Å². The molecular weight excluding hydrogens is 280 g/mol. The van der Waals surface area contributed by atoms with E-state index >= 15 is 0 Å². The summed E-state index contributed by atoms with van der Waals surface area (Å²) >= 11 is 9.42. The first-order valence-electron chi connectivity index (χ1n) is 4.15. The van der Waals surface area contributed by atoms with Crippen molar-refractivity contribution in [3.05, 3.63) is 28.6 Å². The van der Waals surface area contributed by atoms with Gasteiger partial charge in [0, 0.05) is 19.8 Å². The summed E-state index contributed by atoms with van der Waals surface area (Å²) in [6.45, 7) is 0.114. The van der Waals surface area contributed by atoms with Crippen molar-refractivity contribution in [2.24, 2.45) is 0 Å². The maximum Gasteiger partial charge on any atom is 0.0774 e. The standard InChI is InChI=1S/C10H9BrOS2/c11-4-6-1-7(13)2-10-9(6)3-8(5-12)14-10/h1-3,12-13H,4-5H2. The van der Waals surface area contributed by atoms with Crippen LogP contribution in [-0.4, -0.2) is 5.11 Å². The highest BCUT2D eigenvalue weighted by Crippen LogP contribution is 2.31. The van der Waals surface area contributed by atoms with Crippen molar-refractivity contribution in [3.63, 3.8) is 0 Å². The lowest BCUT2D eigenvalue weighted by atomic mass is 10.1. The molecule has 0 aliphatic heterocycles. The van der Waals surface area contributed by atoms with Crippen molar-refractivity contribution in [2.45, 2.75) is 16.8 Å². The van der Waals surface area contributed by atoms with Gasteiger partial charge in [0.05, 0.1) is 6.61 Å². The van der Waals surface area contributed by atoms with Gasteiger partial charge < -0.3 is 5.11 Å². The molecule has 4 heteroatoms. The highest BCUT2D eigenvalue weighted by atomic mass is 79.9. The maximum absolute atomic E-state index is 9.05. The van der Waals surface area contributed by atoms with Gasteiger partial charge in [-0.3, -0.25) is 0 Å². The van der Waals surface area contributed by atoms with Crippen LogP contribution in [0.25, 0.3) is 10.1 Å². The third-order valence-corrected chi connectivity index (χ3v) is 3.99. The Bertz CT molecular complexity index is 464. The zero-order valence-electron chi connectivity index (χ0n) is 7.33. The highest BCUT2D eigenvalue weighted by Gasteiger charge is 2.06. The summed E-state index contributed by atoms with van der Waals surface area (Å²) in [4.78, 5) is 1.97. The number of rotatable bonds is 2. The smallest absolute Gasteiger partial charge is 0.0774 e. The van der Waals surface area contributed by atoms with Gasteiger partial charge in [-0.05, 0) is 29.1 Å². The molecule has 1 nitrogen and oxygen atoms in total. The van der Waals surface area contributed by atoms with E-state index in [4.69, 9.17) is 5.11 Å². The summed E-state index contributed by atoms with van der Waals surface area (Å²) in [6, 6.07) is 6.13. The first-order valence-corrected chi connectivity index (χ1v) is 6.54. The Morgan fingerprint density at radius 1 is 1.36 bits per heavy atom. The molecule has 0 aliphatic rings. The van der Waals surface area contributed by atoms with E-state index in [-0.39, 0.29) is 6.61 Å². The average molecular weight is 289 g/mol. The molecule has 1 aromatic heterocycles. The van der Waals surface area contributed by atoms with Gasteiger partial charge in [0.1, 0.15) is 0 Å². The SMILES string of the molecule is OCc1cc2c(CBr)cc(S)cc2s1. The molecule has 0 aliphatic carbocycles. The Hall–Kier alpha value is -0.0300. The summed E-state index contributed by atoms with van der Waals surface area (Å²) in [5, 5.41) is 11.1. The number of aliphatic hydroxyl groups is 1. The Morgan fingerprint density at radius 3 is 2.79 bits per heavy atom. The van der Waals surface area contributed by atoms with Crippen molar-refractivity contribution in [3.8, 4) is 0 Å². The van der Waals surface area contributed by atoms with Gasteiger partial charge in [-0.1, -0.05) is 15.9 Å². The lowest BCUT2D eigenvalue weighted by molar-refractivity contribution is 0.285. The molecule has 1 N–H and O–H groups in total. The summed E-state index contributed by atoms with van der Waals surface area (Å²) < 4.78 is 1.19. The highest BCUT2D eigenvalue weighted by molar-refractivity contribution is 9.08. The minimum atomic E-state index is 0.114. The molecule has 0 saturated heterocycles. The zero-order valence-corrected chi connectivity index (χ0v) is 10.6. The van der Waals surface area contributed by atoms with Gasteiger partial charge in [-0.25, -0.2) is 0 Å². The van der Waals surface area contributed by atoms with Crippen LogP contribution in [0.2, 0.25) is 0 Å². The molecule has 0 amide bonds. The quantitative estimate of drug-likeness (QED) is 0.639. The Morgan fingerprint density at radius 2 is 2.14 bits per heavy atom. The fraction of sp³-hybridized carbons (Fsp3) is 0.200. The molecule has 1 heterocycles. The minimum Gasteiger partial charge on any atom is -0.391 e. The van der Waals surface area contributed by atoms with Crippen LogP contribution in [0.1, 0.15) is 10.4 Å². The van der Waals surface area contributed by atoms with Gasteiger partial charge in [0.2, 0.25) is 0 Å². The molecule has 0 atom stereocenters. The van der Waals surface area contributed by atoms with Crippen LogP contribution in [0.15, 0.2) is 23.1 Å². The second kappa shape index (κ2) is 4.23. The second-order valence-electron chi connectivity index (χ2n) is 3.02. The number of aliphatic hydroxyl groups excluding tert-OH is 1. The number of alkyl halides is 1. The van der Waals surface area contributed by atoms with E-state index in [1.54, 1.807) is 11.3 Å². The fourth-order valence-corrected chi connectivity index (χ4v) is 3.28. The summed E-state index contributed by atoms with van der Waals surface area (Å²) in [5.41, 5.74) is 1.23. The minimum absolute atomic E-state index is 0.114. The zero-order chi connectivity index (χ0) is 10.1. The van der Waals surface area contributed by atoms with E-state index in [1.807, 2.05) is 18.2 Å². The first kappa shape index (κ1) is 10.5. The van der Waals surface area contributed by atoms with Crippen LogP contribution < -0.4 is 0 Å². The summed E-state index contributed by atoms with van der Waals surface area (Å²) in [5.74, 6) is 0. The van der Waals surface area contributed by atoms with E-state index in [2.05, 4.69) is 28.6 Å². The molecule has 0 fully saturated rings. The molecule has 1 aromatic carbocycles. The number of hydrogen-bond donors (Lipinski definition) is 2. The largest absolute Gasteiger partial charge is 0.391 e. The summed E-state index contributed by atoms with van der Waals surface area (Å²) in [7, 11) is 0. The molecule has 0 spiro atoms. The van der Waals surface area contributed by atoms with Gasteiger partial charge in [-0.2, -0.15) is 0 Å². The van der Waals surface area contributed by atoms with Crippen molar-refractivity contribution >= 4 is 50.0 Å². The molecule has 74 valence electrons. The van der Waals surface area contributed by atoms with Gasteiger partial charge in [-0.15, -0.1) is 24.0 Å². The number of benzene rings is 1.